The van der Waals surface area contributed by atoms with E-state index in [2.05, 4.69) is 15.2 Å². The lowest BCUT2D eigenvalue weighted by Gasteiger charge is -2.24. The molecule has 2 heterocycles. The van der Waals surface area contributed by atoms with Crippen molar-refractivity contribution in [1.82, 2.24) is 9.88 Å². The average molecular weight is 533 g/mol. The van der Waals surface area contributed by atoms with E-state index in [1.165, 1.54) is 0 Å². The van der Waals surface area contributed by atoms with Gasteiger partial charge in [-0.15, -0.1) is 0 Å². The number of amides is 1. The number of carbonyl (C=O) groups excluding carboxylic acids is 1. The summed E-state index contributed by atoms with van der Waals surface area (Å²) in [6, 6.07) is 31.0. The van der Waals surface area contributed by atoms with Crippen molar-refractivity contribution < 1.29 is 14.7 Å². The van der Waals surface area contributed by atoms with Gasteiger partial charge in [0.25, 0.3) is 0 Å². The Morgan fingerprint density at radius 3 is 2.35 bits per heavy atom. The maximum absolute atomic E-state index is 13.6. The van der Waals surface area contributed by atoms with Gasteiger partial charge in [0.1, 0.15) is 0 Å². The molecule has 1 amide bonds. The normalized spacial score (nSPS) is 16.4. The third kappa shape index (κ3) is 6.68. The lowest BCUT2D eigenvalue weighted by molar-refractivity contribution is -0.138. The summed E-state index contributed by atoms with van der Waals surface area (Å²) < 4.78 is 0. The molecule has 7 nitrogen and oxygen atoms in total. The molecule has 202 valence electrons. The van der Waals surface area contributed by atoms with Gasteiger partial charge in [0.2, 0.25) is 5.91 Å². The van der Waals surface area contributed by atoms with Crippen molar-refractivity contribution in [2.24, 2.45) is 4.99 Å². The Balaban J connectivity index is 1.45. The first-order chi connectivity index (χ1) is 19.6. The van der Waals surface area contributed by atoms with Crippen molar-refractivity contribution >= 4 is 23.3 Å². The number of hydrogen-bond donors (Lipinski definition) is 2. The number of aromatic nitrogens is 1. The van der Waals surface area contributed by atoms with Crippen LogP contribution in [0.25, 0.3) is 0 Å². The highest BCUT2D eigenvalue weighted by Gasteiger charge is 2.31. The number of likely N-dealkylation sites (tertiary alicyclic amines) is 1. The van der Waals surface area contributed by atoms with Crippen LogP contribution >= 0.6 is 0 Å². The predicted octanol–water partition coefficient (Wildman–Crippen LogP) is 5.22. The molecule has 0 bridgehead atoms. The number of aliphatic carboxylic acids is 1. The number of carboxylic acid groups (broad SMARTS) is 1. The highest BCUT2D eigenvalue weighted by atomic mass is 16.4. The first-order valence-electron chi connectivity index (χ1n) is 13.5. The van der Waals surface area contributed by atoms with Crippen LogP contribution in [0.3, 0.4) is 0 Å². The van der Waals surface area contributed by atoms with Crippen LogP contribution in [0, 0.1) is 0 Å². The van der Waals surface area contributed by atoms with E-state index in [0.717, 1.165) is 36.2 Å². The van der Waals surface area contributed by atoms with Gasteiger partial charge in [-0.3, -0.25) is 19.7 Å². The summed E-state index contributed by atoms with van der Waals surface area (Å²) in [7, 11) is 0. The van der Waals surface area contributed by atoms with Gasteiger partial charge in [0.15, 0.2) is 6.04 Å². The monoisotopic (exact) mass is 532 g/mol. The molecular formula is C33H32N4O3. The van der Waals surface area contributed by atoms with Crippen LogP contribution in [0.5, 0.6) is 0 Å². The minimum Gasteiger partial charge on any atom is -0.480 e. The van der Waals surface area contributed by atoms with E-state index >= 15 is 0 Å². The van der Waals surface area contributed by atoms with Gasteiger partial charge in [0.05, 0.1) is 23.1 Å². The molecule has 2 unspecified atom stereocenters. The van der Waals surface area contributed by atoms with E-state index in [0.29, 0.717) is 23.5 Å². The Morgan fingerprint density at radius 1 is 0.925 bits per heavy atom. The lowest BCUT2D eigenvalue weighted by atomic mass is 9.98. The number of nitrogens with zero attached hydrogens (tertiary/aromatic N) is 3. The number of anilines is 1. The molecule has 7 heteroatoms. The number of pyridine rings is 1. The van der Waals surface area contributed by atoms with Crippen LogP contribution < -0.4 is 5.32 Å². The predicted molar refractivity (Wildman–Crippen MR) is 156 cm³/mol. The number of aliphatic imine (C=N–C) groups is 1. The molecule has 2 N–H and O–H groups in total. The van der Waals surface area contributed by atoms with Crippen LogP contribution in [-0.4, -0.2) is 51.2 Å². The van der Waals surface area contributed by atoms with Gasteiger partial charge in [0, 0.05) is 30.3 Å². The van der Waals surface area contributed by atoms with Crippen molar-refractivity contribution in [3.63, 3.8) is 0 Å². The molecule has 0 saturated carbocycles. The fourth-order valence-electron chi connectivity index (χ4n) is 5.10. The molecule has 4 aromatic rings. The van der Waals surface area contributed by atoms with Gasteiger partial charge in [-0.05, 0) is 43.1 Å². The molecule has 1 aliphatic rings. The zero-order valence-electron chi connectivity index (χ0n) is 22.2. The Hall–Kier alpha value is -4.62. The summed E-state index contributed by atoms with van der Waals surface area (Å²) in [4.78, 5) is 37.3. The highest BCUT2D eigenvalue weighted by molar-refractivity contribution is 6.17. The second-order valence-electron chi connectivity index (χ2n) is 9.87. The van der Waals surface area contributed by atoms with Crippen LogP contribution in [0.15, 0.2) is 114 Å². The van der Waals surface area contributed by atoms with E-state index in [1.807, 2.05) is 103 Å². The number of hydrogen-bond acceptors (Lipinski definition) is 5. The Bertz CT molecular complexity index is 1460. The highest BCUT2D eigenvalue weighted by Crippen LogP contribution is 2.25. The molecule has 1 aromatic heterocycles. The Morgan fingerprint density at radius 2 is 1.62 bits per heavy atom. The second kappa shape index (κ2) is 13.0. The van der Waals surface area contributed by atoms with E-state index < -0.39 is 12.0 Å². The van der Waals surface area contributed by atoms with E-state index in [1.54, 1.807) is 6.20 Å². The molecule has 1 aliphatic heterocycles. The minimum absolute atomic E-state index is 0.0904. The zero-order valence-corrected chi connectivity index (χ0v) is 22.2. The van der Waals surface area contributed by atoms with Crippen molar-refractivity contribution in [2.75, 3.05) is 11.9 Å². The molecule has 1 saturated heterocycles. The number of para-hydroxylation sites is 1. The summed E-state index contributed by atoms with van der Waals surface area (Å²) in [5.41, 5.74) is 4.40. The van der Waals surface area contributed by atoms with Gasteiger partial charge in [-0.1, -0.05) is 84.9 Å². The maximum atomic E-state index is 13.6. The number of carbonyl (C=O) groups is 2. The van der Waals surface area contributed by atoms with Gasteiger partial charge in [-0.25, -0.2) is 4.79 Å². The first-order valence-corrected chi connectivity index (χ1v) is 13.5. The van der Waals surface area contributed by atoms with E-state index in [-0.39, 0.29) is 18.4 Å². The molecule has 2 atom stereocenters. The van der Waals surface area contributed by atoms with Crippen LogP contribution in [0.1, 0.15) is 35.2 Å². The maximum Gasteiger partial charge on any atom is 0.328 e. The van der Waals surface area contributed by atoms with Crippen molar-refractivity contribution in [2.45, 2.75) is 37.9 Å². The number of carboxylic acids is 1. The van der Waals surface area contributed by atoms with Gasteiger partial charge in [-0.2, -0.15) is 0 Å². The summed E-state index contributed by atoms with van der Waals surface area (Å²) in [5, 5.41) is 13.2. The minimum atomic E-state index is -1.00. The van der Waals surface area contributed by atoms with Crippen molar-refractivity contribution in [3.05, 3.63) is 132 Å². The lowest BCUT2D eigenvalue weighted by Crippen LogP contribution is -2.39. The van der Waals surface area contributed by atoms with E-state index in [9.17, 15) is 14.7 Å². The molecule has 40 heavy (non-hydrogen) atoms. The molecule has 0 spiro atoms. The first kappa shape index (κ1) is 27.0. The number of benzene rings is 3. The standard InChI is InChI=1S/C33H32N4O3/c38-32(30-19-11-21-37(30)23-26-16-9-10-20-34-26)36-28-18-8-7-17-27(28)31(25-14-5-2-6-15-25)35-29(33(39)40)22-24-12-3-1-4-13-24/h1-10,12-18,20,29-30H,11,19,21-23H2,(H,36,38)(H,39,40). The summed E-state index contributed by atoms with van der Waals surface area (Å²) in [6.45, 7) is 1.43. The summed E-state index contributed by atoms with van der Waals surface area (Å²) >= 11 is 0. The zero-order chi connectivity index (χ0) is 27.7. The van der Waals surface area contributed by atoms with Crippen LogP contribution in [0.4, 0.5) is 5.69 Å². The van der Waals surface area contributed by atoms with Crippen LogP contribution in [-0.2, 0) is 22.6 Å². The quantitative estimate of drug-likeness (QED) is 0.273. The molecular weight excluding hydrogens is 500 g/mol. The molecule has 1 fully saturated rings. The SMILES string of the molecule is O=C(O)C(Cc1ccccc1)N=C(c1ccccc1)c1ccccc1NC(=O)C1CCCN1Cc1ccccn1. The molecule has 0 aliphatic carbocycles. The van der Waals surface area contributed by atoms with Crippen molar-refractivity contribution in [3.8, 4) is 0 Å². The number of nitrogens with one attached hydrogen (secondary N) is 1. The Labute approximate surface area is 234 Å². The fourth-order valence-corrected chi connectivity index (χ4v) is 5.10. The smallest absolute Gasteiger partial charge is 0.328 e. The average Bonchev–Trinajstić information content (AvgIpc) is 3.45. The third-order valence-electron chi connectivity index (χ3n) is 7.09. The van der Waals surface area contributed by atoms with Gasteiger partial charge < -0.3 is 10.4 Å². The largest absolute Gasteiger partial charge is 0.480 e. The topological polar surface area (TPSA) is 94.9 Å². The van der Waals surface area contributed by atoms with Crippen molar-refractivity contribution in [1.29, 1.82) is 0 Å². The number of rotatable bonds is 10. The molecule has 0 radical (unpaired) electrons. The Kier molecular flexibility index (Phi) is 8.73. The molecule has 5 rings (SSSR count). The van der Waals surface area contributed by atoms with E-state index in [4.69, 9.17) is 4.99 Å². The summed E-state index contributed by atoms with van der Waals surface area (Å²) in [6.07, 6.45) is 3.72. The third-order valence-corrected chi connectivity index (χ3v) is 7.09. The second-order valence-corrected chi connectivity index (χ2v) is 9.87. The van der Waals surface area contributed by atoms with Crippen LogP contribution in [0.2, 0.25) is 0 Å². The summed E-state index contributed by atoms with van der Waals surface area (Å²) in [5.74, 6) is -1.10. The molecule has 3 aromatic carbocycles. The van der Waals surface area contributed by atoms with Gasteiger partial charge >= 0.3 is 5.97 Å². The fraction of sp³-hybridized carbons (Fsp3) is 0.212.